The van der Waals surface area contributed by atoms with Crippen LogP contribution >= 0.6 is 0 Å². The van der Waals surface area contributed by atoms with Gasteiger partial charge in [0.15, 0.2) is 5.60 Å². The summed E-state index contributed by atoms with van der Waals surface area (Å²) < 4.78 is 20.1. The molecule has 2 heterocycles. The van der Waals surface area contributed by atoms with Crippen LogP contribution in [0, 0.1) is 17.1 Å². The largest absolute Gasteiger partial charge is 0.366 e. The molecule has 160 valence electrons. The van der Waals surface area contributed by atoms with Gasteiger partial charge in [0.05, 0.1) is 12.5 Å². The summed E-state index contributed by atoms with van der Waals surface area (Å²) in [6.07, 6.45) is 0.421. The van der Waals surface area contributed by atoms with Gasteiger partial charge in [-0.05, 0) is 34.4 Å². The highest BCUT2D eigenvalue weighted by atomic mass is 19.1. The number of anilines is 1. The van der Waals surface area contributed by atoms with Crippen LogP contribution in [0.2, 0.25) is 0 Å². The minimum absolute atomic E-state index is 0.0335. The van der Waals surface area contributed by atoms with Gasteiger partial charge < -0.3 is 20.3 Å². The van der Waals surface area contributed by atoms with Gasteiger partial charge in [-0.25, -0.2) is 4.39 Å². The molecule has 0 aliphatic carbocycles. The second kappa shape index (κ2) is 8.10. The van der Waals surface area contributed by atoms with E-state index in [1.165, 1.54) is 13.2 Å². The second-order valence-electron chi connectivity index (χ2n) is 7.94. The first-order valence-electron chi connectivity index (χ1n) is 10.0. The van der Waals surface area contributed by atoms with Crippen LogP contribution in [0.25, 0.3) is 11.1 Å². The molecule has 2 aromatic rings. The molecule has 7 nitrogen and oxygen atoms in total. The number of nitriles is 1. The van der Waals surface area contributed by atoms with Crippen molar-refractivity contribution in [1.29, 1.82) is 5.26 Å². The summed E-state index contributed by atoms with van der Waals surface area (Å²) in [5.74, 6) is -0.802. The number of rotatable bonds is 6. The number of hydrogen-bond acceptors (Lipinski definition) is 5. The van der Waals surface area contributed by atoms with Gasteiger partial charge in [-0.3, -0.25) is 9.59 Å². The number of halogens is 1. The van der Waals surface area contributed by atoms with E-state index in [2.05, 4.69) is 10.6 Å². The summed E-state index contributed by atoms with van der Waals surface area (Å²) in [4.78, 5) is 25.9. The number of carbonyl (C=O) groups excluding carboxylic acids is 2. The van der Waals surface area contributed by atoms with Crippen LogP contribution in [-0.2, 0) is 27.2 Å². The molecule has 31 heavy (non-hydrogen) atoms. The van der Waals surface area contributed by atoms with Gasteiger partial charge in [0.2, 0.25) is 5.91 Å². The van der Waals surface area contributed by atoms with Crippen LogP contribution < -0.4 is 15.5 Å². The second-order valence-corrected chi connectivity index (χ2v) is 7.94. The summed E-state index contributed by atoms with van der Waals surface area (Å²) in [6, 6.07) is 11.6. The lowest BCUT2D eigenvalue weighted by Gasteiger charge is -2.39. The van der Waals surface area contributed by atoms with E-state index in [-0.39, 0.29) is 18.2 Å². The van der Waals surface area contributed by atoms with Crippen LogP contribution in [0.1, 0.15) is 11.1 Å². The monoisotopic (exact) mass is 422 g/mol. The van der Waals surface area contributed by atoms with Crippen LogP contribution in [-0.4, -0.2) is 50.7 Å². The molecule has 2 N–H and O–H groups in total. The highest BCUT2D eigenvalue weighted by Crippen LogP contribution is 2.33. The molecule has 0 saturated carbocycles. The van der Waals surface area contributed by atoms with Crippen molar-refractivity contribution < 1.29 is 18.7 Å². The lowest BCUT2D eigenvalue weighted by molar-refractivity contribution is -0.150. The van der Waals surface area contributed by atoms with E-state index in [1.54, 1.807) is 24.1 Å². The zero-order chi connectivity index (χ0) is 22.2. The quantitative estimate of drug-likeness (QED) is 0.737. The molecular formula is C23H23FN4O3. The molecule has 8 heteroatoms. The zero-order valence-electron chi connectivity index (χ0n) is 17.4. The molecule has 4 rings (SSSR count). The maximum absolute atomic E-state index is 14.8. The molecule has 1 atom stereocenters. The minimum Gasteiger partial charge on any atom is -0.366 e. The van der Waals surface area contributed by atoms with Crippen molar-refractivity contribution >= 4 is 17.5 Å². The predicted octanol–water partition coefficient (Wildman–Crippen LogP) is 1.55. The first-order valence-corrected chi connectivity index (χ1v) is 10.0. The Labute approximate surface area is 179 Å². The first kappa shape index (κ1) is 21.0. The molecule has 2 aliphatic heterocycles. The summed E-state index contributed by atoms with van der Waals surface area (Å²) in [5.41, 5.74) is 2.62. The molecule has 1 fully saturated rings. The average Bonchev–Trinajstić information content (AvgIpc) is 3.01. The number of fused-ring (bicyclic) bond motifs is 1. The van der Waals surface area contributed by atoms with Crippen molar-refractivity contribution in [3.8, 4) is 17.2 Å². The van der Waals surface area contributed by atoms with E-state index in [9.17, 15) is 19.2 Å². The number of likely N-dealkylation sites (N-methyl/N-ethyl adjacent to an activating group) is 1. The van der Waals surface area contributed by atoms with Gasteiger partial charge in [0, 0.05) is 39.4 Å². The lowest BCUT2D eigenvalue weighted by atomic mass is 9.94. The standard InChI is InChI=1S/C23H23FN4O3/c1-28-20-9-15(4-6-17(20)10-21(28)29)14-3-5-16(19(24)8-14)7-18(11-25)27-22(30)23(31-2)12-26-13-23/h3-6,8-9,18,26H,7,10,12-13H2,1-2H3,(H,27,30)/t18-/m0/s1. The number of carbonyl (C=O) groups is 2. The zero-order valence-corrected chi connectivity index (χ0v) is 17.4. The minimum atomic E-state index is -0.973. The number of nitrogens with zero attached hydrogens (tertiary/aromatic N) is 2. The molecule has 2 aliphatic rings. The Hall–Kier alpha value is -3.28. The third-order valence-corrected chi connectivity index (χ3v) is 6.06. The van der Waals surface area contributed by atoms with Crippen molar-refractivity contribution in [2.75, 3.05) is 32.1 Å². The molecule has 0 spiro atoms. The SMILES string of the molecule is COC1(C(=O)N[C@H](C#N)Cc2ccc(-c3ccc4c(c3)N(C)C(=O)C4)cc2F)CNC1. The molecule has 2 aromatic carbocycles. The number of benzene rings is 2. The highest BCUT2D eigenvalue weighted by Gasteiger charge is 2.45. The first-order chi connectivity index (χ1) is 14.9. The van der Waals surface area contributed by atoms with E-state index in [4.69, 9.17) is 4.74 Å². The van der Waals surface area contributed by atoms with Crippen molar-refractivity contribution in [1.82, 2.24) is 10.6 Å². The van der Waals surface area contributed by atoms with E-state index in [1.807, 2.05) is 24.3 Å². The molecule has 0 bridgehead atoms. The summed E-state index contributed by atoms with van der Waals surface area (Å²) in [7, 11) is 3.18. The number of nitrogens with one attached hydrogen (secondary N) is 2. The molecule has 1 saturated heterocycles. The Kier molecular flexibility index (Phi) is 5.48. The van der Waals surface area contributed by atoms with Crippen LogP contribution in [0.5, 0.6) is 0 Å². The van der Waals surface area contributed by atoms with Crippen LogP contribution in [0.3, 0.4) is 0 Å². The smallest absolute Gasteiger partial charge is 0.255 e. The normalized spacial score (nSPS) is 17.5. The van der Waals surface area contributed by atoms with E-state index < -0.39 is 17.5 Å². The molecule has 0 radical (unpaired) electrons. The summed E-state index contributed by atoms with van der Waals surface area (Å²) in [5, 5.41) is 15.1. The Balaban J connectivity index is 1.50. The number of methoxy groups -OCH3 is 1. The fraction of sp³-hybridized carbons (Fsp3) is 0.348. The third kappa shape index (κ3) is 3.78. The Morgan fingerprint density at radius 1 is 1.32 bits per heavy atom. The molecule has 0 aromatic heterocycles. The number of amides is 2. The molecule has 0 unspecified atom stereocenters. The van der Waals surface area contributed by atoms with Crippen molar-refractivity contribution in [2.24, 2.45) is 0 Å². The van der Waals surface area contributed by atoms with Gasteiger partial charge in [-0.2, -0.15) is 5.26 Å². The van der Waals surface area contributed by atoms with E-state index >= 15 is 0 Å². The van der Waals surface area contributed by atoms with Crippen LogP contribution in [0.15, 0.2) is 36.4 Å². The lowest BCUT2D eigenvalue weighted by Crippen LogP contribution is -2.69. The summed E-state index contributed by atoms with van der Waals surface area (Å²) in [6.45, 7) is 0.746. The fourth-order valence-corrected chi connectivity index (χ4v) is 3.90. The van der Waals surface area contributed by atoms with E-state index in [0.29, 0.717) is 30.6 Å². The highest BCUT2D eigenvalue weighted by molar-refractivity contribution is 6.01. The Morgan fingerprint density at radius 2 is 2.03 bits per heavy atom. The Bertz CT molecular complexity index is 1090. The van der Waals surface area contributed by atoms with Gasteiger partial charge >= 0.3 is 0 Å². The maximum Gasteiger partial charge on any atom is 0.255 e. The van der Waals surface area contributed by atoms with E-state index in [0.717, 1.165) is 16.8 Å². The average molecular weight is 422 g/mol. The predicted molar refractivity (Wildman–Crippen MR) is 113 cm³/mol. The van der Waals surface area contributed by atoms with Gasteiger partial charge in [0.25, 0.3) is 5.91 Å². The Morgan fingerprint density at radius 3 is 2.65 bits per heavy atom. The van der Waals surface area contributed by atoms with Crippen molar-refractivity contribution in [3.05, 3.63) is 53.3 Å². The fourth-order valence-electron chi connectivity index (χ4n) is 3.90. The summed E-state index contributed by atoms with van der Waals surface area (Å²) >= 11 is 0. The maximum atomic E-state index is 14.8. The third-order valence-electron chi connectivity index (χ3n) is 6.06. The van der Waals surface area contributed by atoms with Gasteiger partial charge in [-0.15, -0.1) is 0 Å². The van der Waals surface area contributed by atoms with Gasteiger partial charge in [-0.1, -0.05) is 24.3 Å². The topological polar surface area (TPSA) is 94.5 Å². The molecule has 2 amide bonds. The van der Waals surface area contributed by atoms with Gasteiger partial charge in [0.1, 0.15) is 11.9 Å². The molecular weight excluding hydrogens is 399 g/mol. The number of hydrogen-bond donors (Lipinski definition) is 2. The van der Waals surface area contributed by atoms with Crippen molar-refractivity contribution in [2.45, 2.75) is 24.5 Å². The van der Waals surface area contributed by atoms with Crippen molar-refractivity contribution in [3.63, 3.8) is 0 Å². The number of ether oxygens (including phenoxy) is 1. The van der Waals surface area contributed by atoms with Crippen LogP contribution in [0.4, 0.5) is 10.1 Å².